The molecule has 0 spiro atoms. The van der Waals surface area contributed by atoms with Gasteiger partial charge in [-0.25, -0.2) is 4.79 Å². The Kier molecular flexibility index (Phi) is 4.60. The zero-order valence-corrected chi connectivity index (χ0v) is 8.84. The summed E-state index contributed by atoms with van der Waals surface area (Å²) >= 11 is 1.36. The summed E-state index contributed by atoms with van der Waals surface area (Å²) < 4.78 is 86.7. The predicted molar refractivity (Wildman–Crippen MR) is 40.5 cm³/mol. The lowest BCUT2D eigenvalue weighted by Gasteiger charge is -2.21. The van der Waals surface area contributed by atoms with Crippen LogP contribution in [0.4, 0.5) is 30.7 Å². The van der Waals surface area contributed by atoms with Gasteiger partial charge in [-0.2, -0.15) is 30.7 Å². The van der Waals surface area contributed by atoms with Gasteiger partial charge in [0.2, 0.25) is 0 Å². The van der Waals surface area contributed by atoms with Crippen molar-refractivity contribution in [1.82, 2.24) is 0 Å². The lowest BCUT2D eigenvalue weighted by atomic mass is 10.2. The van der Waals surface area contributed by atoms with Gasteiger partial charge in [0.25, 0.3) is 0 Å². The van der Waals surface area contributed by atoms with Gasteiger partial charge < -0.3 is 4.74 Å². The maximum Gasteiger partial charge on any atom is 0.490 e. The molecule has 0 rings (SSSR count). The summed E-state index contributed by atoms with van der Waals surface area (Å²) in [7, 11) is 0. The van der Waals surface area contributed by atoms with Crippen LogP contribution in [0.2, 0.25) is 0 Å². The Hall–Kier alpha value is -0.540. The fraction of sp³-hybridized carbons (Fsp3) is 0.833. The SMILES string of the molecule is O=C(OCCC(F)(F)C(F)(F)Br)C(F)(F)F. The number of ether oxygens (including phenoxy) is 1. The van der Waals surface area contributed by atoms with Gasteiger partial charge in [-0.1, -0.05) is 0 Å². The number of halogens is 8. The van der Waals surface area contributed by atoms with Crippen molar-refractivity contribution < 1.29 is 40.3 Å². The molecule has 0 N–H and O–H groups in total. The van der Waals surface area contributed by atoms with Crippen LogP contribution in [0.3, 0.4) is 0 Å². The first-order valence-corrected chi connectivity index (χ1v) is 4.36. The maximum atomic E-state index is 12.4. The highest BCUT2D eigenvalue weighted by atomic mass is 79.9. The Bertz CT molecular complexity index is 257. The highest BCUT2D eigenvalue weighted by Gasteiger charge is 2.54. The van der Waals surface area contributed by atoms with Crippen molar-refractivity contribution in [2.24, 2.45) is 0 Å². The second-order valence-electron chi connectivity index (χ2n) is 2.59. The van der Waals surface area contributed by atoms with Crippen LogP contribution < -0.4 is 0 Å². The first kappa shape index (κ1) is 15.5. The predicted octanol–water partition coefficient (Wildman–Crippen LogP) is 3.11. The van der Waals surface area contributed by atoms with Crippen molar-refractivity contribution in [2.45, 2.75) is 23.4 Å². The van der Waals surface area contributed by atoms with Gasteiger partial charge in [-0.05, 0) is 15.9 Å². The molecule has 0 atom stereocenters. The third kappa shape index (κ3) is 4.54. The molecule has 0 heterocycles. The minimum atomic E-state index is -5.34. The molecule has 0 saturated carbocycles. The average Bonchev–Trinajstić information content (AvgIpc) is 1.99. The fourth-order valence-corrected chi connectivity index (χ4v) is 0.694. The quantitative estimate of drug-likeness (QED) is 0.452. The standard InChI is InChI=1S/C6H4BrF7O2/c7-6(13,14)4(8,9)1-2-16-3(15)5(10,11)12/h1-2H2. The van der Waals surface area contributed by atoms with E-state index in [1.165, 1.54) is 15.9 Å². The van der Waals surface area contributed by atoms with Crippen LogP contribution in [-0.4, -0.2) is 29.5 Å². The third-order valence-corrected chi connectivity index (χ3v) is 1.88. The van der Waals surface area contributed by atoms with Crippen molar-refractivity contribution in [3.63, 3.8) is 0 Å². The van der Waals surface area contributed by atoms with Crippen molar-refractivity contribution in [3.05, 3.63) is 0 Å². The highest BCUT2D eigenvalue weighted by Crippen LogP contribution is 2.41. The molecular weight excluding hydrogens is 317 g/mol. The molecule has 0 aliphatic heterocycles. The molecule has 0 aromatic rings. The summed E-state index contributed by atoms with van der Waals surface area (Å²) in [6.07, 6.45) is -7.07. The number of carbonyl (C=O) groups is 1. The summed E-state index contributed by atoms with van der Waals surface area (Å²) in [5.41, 5.74) is 0. The van der Waals surface area contributed by atoms with Gasteiger partial charge in [-0.15, -0.1) is 0 Å². The first-order chi connectivity index (χ1) is 6.88. The molecule has 0 amide bonds. The minimum Gasteiger partial charge on any atom is -0.459 e. The van der Waals surface area contributed by atoms with E-state index in [1.807, 2.05) is 0 Å². The van der Waals surface area contributed by atoms with Crippen LogP contribution in [-0.2, 0) is 9.53 Å². The van der Waals surface area contributed by atoms with E-state index < -0.39 is 35.9 Å². The molecule has 10 heteroatoms. The molecule has 0 saturated heterocycles. The molecule has 0 aliphatic carbocycles. The molecule has 96 valence electrons. The van der Waals surface area contributed by atoms with Gasteiger partial charge in [-0.3, -0.25) is 0 Å². The molecule has 0 fully saturated rings. The molecule has 16 heavy (non-hydrogen) atoms. The van der Waals surface area contributed by atoms with E-state index in [9.17, 15) is 35.5 Å². The fourth-order valence-electron chi connectivity index (χ4n) is 0.495. The molecular formula is C6H4BrF7O2. The Morgan fingerprint density at radius 1 is 1.06 bits per heavy atom. The van der Waals surface area contributed by atoms with Gasteiger partial charge in [0, 0.05) is 0 Å². The number of hydrogen-bond donors (Lipinski definition) is 0. The lowest BCUT2D eigenvalue weighted by molar-refractivity contribution is -0.204. The third-order valence-electron chi connectivity index (χ3n) is 1.30. The second kappa shape index (κ2) is 4.76. The van der Waals surface area contributed by atoms with Crippen molar-refractivity contribution in [1.29, 1.82) is 0 Å². The first-order valence-electron chi connectivity index (χ1n) is 3.56. The normalized spacial score (nSPS) is 13.8. The summed E-state index contributed by atoms with van der Waals surface area (Å²) in [5.74, 6) is -7.32. The van der Waals surface area contributed by atoms with E-state index in [-0.39, 0.29) is 0 Å². The Morgan fingerprint density at radius 3 is 1.81 bits per heavy atom. The van der Waals surface area contributed by atoms with Crippen molar-refractivity contribution in [2.75, 3.05) is 6.61 Å². The van der Waals surface area contributed by atoms with Crippen LogP contribution in [0.15, 0.2) is 0 Å². The largest absolute Gasteiger partial charge is 0.490 e. The second-order valence-corrected chi connectivity index (χ2v) is 3.58. The molecule has 0 aliphatic rings. The van der Waals surface area contributed by atoms with Crippen LogP contribution >= 0.6 is 15.9 Å². The van der Waals surface area contributed by atoms with Gasteiger partial charge in [0.1, 0.15) is 0 Å². The molecule has 0 aromatic carbocycles. The van der Waals surface area contributed by atoms with Crippen LogP contribution in [0.5, 0.6) is 0 Å². The Morgan fingerprint density at radius 2 is 1.50 bits per heavy atom. The number of esters is 1. The average molecular weight is 321 g/mol. The summed E-state index contributed by atoms with van der Waals surface area (Å²) in [6.45, 7) is -1.47. The minimum absolute atomic E-state index is 1.36. The zero-order valence-electron chi connectivity index (χ0n) is 7.25. The number of hydrogen-bond acceptors (Lipinski definition) is 2. The number of carbonyl (C=O) groups excluding carboxylic acids is 1. The summed E-state index contributed by atoms with van der Waals surface area (Å²) in [4.78, 5) is 5.43. The summed E-state index contributed by atoms with van der Waals surface area (Å²) in [5, 5.41) is 0. The Labute approximate surface area is 92.9 Å². The summed E-state index contributed by atoms with van der Waals surface area (Å²) in [6, 6.07) is 0. The van der Waals surface area contributed by atoms with Crippen LogP contribution in [0.1, 0.15) is 6.42 Å². The molecule has 0 aromatic heterocycles. The maximum absolute atomic E-state index is 12.4. The van der Waals surface area contributed by atoms with E-state index in [0.717, 1.165) is 0 Å². The van der Waals surface area contributed by atoms with Crippen LogP contribution in [0, 0.1) is 0 Å². The molecule has 0 radical (unpaired) electrons. The Balaban J connectivity index is 4.15. The van der Waals surface area contributed by atoms with E-state index in [2.05, 4.69) is 4.74 Å². The molecule has 0 bridgehead atoms. The van der Waals surface area contributed by atoms with Crippen molar-refractivity contribution in [3.8, 4) is 0 Å². The van der Waals surface area contributed by atoms with E-state index in [1.54, 1.807) is 0 Å². The van der Waals surface area contributed by atoms with Gasteiger partial charge in [0.15, 0.2) is 0 Å². The monoisotopic (exact) mass is 320 g/mol. The van der Waals surface area contributed by atoms with E-state index in [4.69, 9.17) is 0 Å². The van der Waals surface area contributed by atoms with Crippen LogP contribution in [0.25, 0.3) is 0 Å². The van der Waals surface area contributed by atoms with E-state index in [0.29, 0.717) is 0 Å². The smallest absolute Gasteiger partial charge is 0.459 e. The number of alkyl halides is 8. The van der Waals surface area contributed by atoms with Gasteiger partial charge >= 0.3 is 22.9 Å². The lowest BCUT2D eigenvalue weighted by Crippen LogP contribution is -2.37. The molecule has 0 unspecified atom stereocenters. The number of rotatable bonds is 4. The van der Waals surface area contributed by atoms with Crippen molar-refractivity contribution >= 4 is 21.9 Å². The highest BCUT2D eigenvalue weighted by molar-refractivity contribution is 9.10. The van der Waals surface area contributed by atoms with E-state index >= 15 is 0 Å². The van der Waals surface area contributed by atoms with Gasteiger partial charge in [0.05, 0.1) is 13.0 Å². The zero-order chi connectivity index (χ0) is 13.2. The topological polar surface area (TPSA) is 26.3 Å². The molecule has 2 nitrogen and oxygen atoms in total.